The van der Waals surface area contributed by atoms with Crippen molar-refractivity contribution in [2.24, 2.45) is 23.1 Å². The van der Waals surface area contributed by atoms with E-state index in [1.807, 2.05) is 0 Å². The third-order valence-corrected chi connectivity index (χ3v) is 5.54. The van der Waals surface area contributed by atoms with E-state index in [0.717, 1.165) is 4.90 Å². The van der Waals surface area contributed by atoms with Crippen LogP contribution in [0.5, 0.6) is 0 Å². The minimum Gasteiger partial charge on any atom is -0.480 e. The van der Waals surface area contributed by atoms with Crippen molar-refractivity contribution in [2.45, 2.75) is 24.6 Å². The van der Waals surface area contributed by atoms with Gasteiger partial charge in [-0.2, -0.15) is 0 Å². The topological polar surface area (TPSA) is 245 Å². The molecule has 2 aliphatic heterocycles. The lowest BCUT2D eigenvalue weighted by atomic mass is 9.83. The van der Waals surface area contributed by atoms with Crippen LogP contribution in [0.2, 0.25) is 0 Å². The lowest BCUT2D eigenvalue weighted by Crippen LogP contribution is -2.63. The number of hydrogen-bond donors (Lipinski definition) is 6. The zero-order valence-corrected chi connectivity index (χ0v) is 18.3. The molecule has 0 saturated carbocycles. The lowest BCUT2D eigenvalue weighted by Gasteiger charge is -2.43. The van der Waals surface area contributed by atoms with Crippen LogP contribution in [0.3, 0.4) is 0 Å². The largest absolute Gasteiger partial charge is 0.480 e. The summed E-state index contributed by atoms with van der Waals surface area (Å²) in [7, 11) is 0. The van der Waals surface area contributed by atoms with Crippen molar-refractivity contribution >= 4 is 29.5 Å². The normalized spacial score (nSPS) is 22.9. The number of pyridine rings is 1. The number of primary amides is 1. The van der Waals surface area contributed by atoms with E-state index in [9.17, 15) is 24.3 Å². The fraction of sp³-hybridized carbons (Fsp3) is 0.500. The number of Topliss-reactive ketones (excluding diaryl/α,β-unsaturated/α-hetero) is 1. The van der Waals surface area contributed by atoms with Gasteiger partial charge in [-0.15, -0.1) is 0 Å². The van der Waals surface area contributed by atoms with Gasteiger partial charge in [-0.05, 0) is 25.0 Å². The molecule has 1 aromatic rings. The van der Waals surface area contributed by atoms with Crippen LogP contribution < -0.4 is 17.2 Å². The van der Waals surface area contributed by atoms with Crippen LogP contribution in [0.1, 0.15) is 28.9 Å². The Morgan fingerprint density at radius 2 is 1.82 bits per heavy atom. The van der Waals surface area contributed by atoms with Crippen LogP contribution in [0, 0.1) is 11.3 Å². The SMILES string of the molecule is N=C(N)c1ccc(C(N)=O)cn1.NCC(=O)C1(C2CCOCC2)OCC(C(=O)O)N1CC(=O)O. The smallest absolute Gasteiger partial charge is 0.323 e. The highest BCUT2D eigenvalue weighted by Gasteiger charge is 2.59. The average Bonchev–Trinajstić information content (AvgIpc) is 3.19. The van der Waals surface area contributed by atoms with Crippen LogP contribution in [-0.2, 0) is 23.9 Å². The third kappa shape index (κ3) is 5.91. The molecule has 186 valence electrons. The standard InChI is InChI=1S/C13H20N2O7.C7H8N4O/c14-5-10(16)13(8-1-3-21-4-2-8)15(6-11(17)18)9(7-22-13)12(19)20;8-6(9)5-2-1-4(3-11-5)7(10)12/h8-9H,1-7,14H2,(H,17,18)(H,19,20);1-3H,(H3,8,9)(H2,10,12). The maximum atomic E-state index is 12.5. The molecule has 3 rings (SSSR count). The van der Waals surface area contributed by atoms with E-state index in [1.165, 1.54) is 18.3 Å². The van der Waals surface area contributed by atoms with E-state index >= 15 is 0 Å². The number of amidine groups is 1. The molecule has 1 amide bonds. The number of carbonyl (C=O) groups is 4. The first-order valence-electron chi connectivity index (χ1n) is 10.3. The fourth-order valence-corrected chi connectivity index (χ4v) is 3.94. The molecule has 0 aromatic carbocycles. The first kappa shape index (κ1) is 26.8. The number of ketones is 1. The maximum absolute atomic E-state index is 12.5. The summed E-state index contributed by atoms with van der Waals surface area (Å²) < 4.78 is 10.9. The molecule has 14 heteroatoms. The third-order valence-electron chi connectivity index (χ3n) is 5.54. The summed E-state index contributed by atoms with van der Waals surface area (Å²) in [4.78, 5) is 50.5. The van der Waals surface area contributed by atoms with E-state index in [0.29, 0.717) is 37.3 Å². The van der Waals surface area contributed by atoms with Crippen LogP contribution >= 0.6 is 0 Å². The Balaban J connectivity index is 0.000000287. The number of nitrogens with zero attached hydrogens (tertiary/aromatic N) is 2. The van der Waals surface area contributed by atoms with Crippen molar-refractivity contribution in [3.05, 3.63) is 29.6 Å². The number of ether oxygens (including phenoxy) is 2. The number of hydrogen-bond acceptors (Lipinski definition) is 10. The van der Waals surface area contributed by atoms with E-state index in [-0.39, 0.29) is 24.9 Å². The molecule has 0 radical (unpaired) electrons. The summed E-state index contributed by atoms with van der Waals surface area (Å²) in [5.41, 5.74) is 14.6. The van der Waals surface area contributed by atoms with E-state index in [1.54, 1.807) is 0 Å². The predicted molar refractivity (Wildman–Crippen MR) is 116 cm³/mol. The van der Waals surface area contributed by atoms with Crippen molar-refractivity contribution in [2.75, 3.05) is 32.9 Å². The minimum atomic E-state index is -1.60. The van der Waals surface area contributed by atoms with Crippen molar-refractivity contribution in [1.29, 1.82) is 5.41 Å². The van der Waals surface area contributed by atoms with E-state index in [4.69, 9.17) is 37.2 Å². The van der Waals surface area contributed by atoms with Gasteiger partial charge in [-0.1, -0.05) is 0 Å². The summed E-state index contributed by atoms with van der Waals surface area (Å²) in [5, 5.41) is 25.4. The number of nitrogens with one attached hydrogen (secondary N) is 1. The molecule has 2 aliphatic rings. The van der Waals surface area contributed by atoms with Crippen molar-refractivity contribution in [3.8, 4) is 0 Å². The van der Waals surface area contributed by atoms with Crippen LogP contribution in [0.25, 0.3) is 0 Å². The zero-order valence-electron chi connectivity index (χ0n) is 18.3. The number of aliphatic carboxylic acids is 2. The average molecular weight is 480 g/mol. The van der Waals surface area contributed by atoms with Gasteiger partial charge in [0, 0.05) is 25.3 Å². The summed E-state index contributed by atoms with van der Waals surface area (Å²) in [6, 6.07) is 1.77. The molecular weight excluding hydrogens is 452 g/mol. The number of nitrogens with two attached hydrogens (primary N) is 3. The van der Waals surface area contributed by atoms with Crippen molar-refractivity contribution in [1.82, 2.24) is 9.88 Å². The molecule has 0 bridgehead atoms. The predicted octanol–water partition coefficient (Wildman–Crippen LogP) is -2.03. The highest BCUT2D eigenvalue weighted by atomic mass is 16.5. The molecular formula is C20H28N6O8. The summed E-state index contributed by atoms with van der Waals surface area (Å²) >= 11 is 0. The number of rotatable bonds is 8. The number of carboxylic acid groups (broad SMARTS) is 2. The molecule has 0 spiro atoms. The molecule has 1 aromatic heterocycles. The van der Waals surface area contributed by atoms with E-state index in [2.05, 4.69) is 4.98 Å². The highest BCUT2D eigenvalue weighted by Crippen LogP contribution is 2.40. The Bertz CT molecular complexity index is 900. The molecule has 0 aliphatic carbocycles. The molecule has 14 nitrogen and oxygen atoms in total. The quantitative estimate of drug-likeness (QED) is 0.174. The van der Waals surface area contributed by atoms with Gasteiger partial charge in [0.25, 0.3) is 0 Å². The minimum absolute atomic E-state index is 0.133. The lowest BCUT2D eigenvalue weighted by molar-refractivity contribution is -0.179. The van der Waals surface area contributed by atoms with Crippen LogP contribution in [-0.4, -0.2) is 94.2 Å². The number of nitrogen functional groups attached to an aromatic ring is 1. The molecule has 2 atom stereocenters. The van der Waals surface area contributed by atoms with Gasteiger partial charge in [0.15, 0.2) is 11.5 Å². The molecule has 9 N–H and O–H groups in total. The Kier molecular flexibility index (Phi) is 9.14. The summed E-state index contributed by atoms with van der Waals surface area (Å²) in [5.74, 6) is -3.97. The van der Waals surface area contributed by atoms with Gasteiger partial charge in [-0.3, -0.25) is 29.6 Å². The number of carboxylic acids is 2. The Morgan fingerprint density at radius 3 is 2.26 bits per heavy atom. The van der Waals surface area contributed by atoms with Crippen LogP contribution in [0.4, 0.5) is 0 Å². The van der Waals surface area contributed by atoms with Crippen molar-refractivity contribution < 1.29 is 38.9 Å². The van der Waals surface area contributed by atoms with E-state index < -0.39 is 41.9 Å². The highest BCUT2D eigenvalue weighted by molar-refractivity contribution is 5.95. The van der Waals surface area contributed by atoms with Gasteiger partial charge >= 0.3 is 11.9 Å². The zero-order chi connectivity index (χ0) is 25.5. The monoisotopic (exact) mass is 480 g/mol. The van der Waals surface area contributed by atoms with Crippen molar-refractivity contribution in [3.63, 3.8) is 0 Å². The van der Waals surface area contributed by atoms with Gasteiger partial charge in [-0.25, -0.2) is 4.90 Å². The summed E-state index contributed by atoms with van der Waals surface area (Å²) in [6.07, 6.45) is 2.25. The number of amides is 1. The number of aromatic nitrogens is 1. The van der Waals surface area contributed by atoms with Crippen LogP contribution in [0.15, 0.2) is 18.3 Å². The molecule has 2 unspecified atom stereocenters. The van der Waals surface area contributed by atoms with Gasteiger partial charge in [0.05, 0.1) is 18.7 Å². The summed E-state index contributed by atoms with van der Waals surface area (Å²) in [6.45, 7) is -0.371. The first-order chi connectivity index (χ1) is 16.0. The molecule has 34 heavy (non-hydrogen) atoms. The second kappa shape index (κ2) is 11.6. The fourth-order valence-electron chi connectivity index (χ4n) is 3.94. The molecule has 3 heterocycles. The van der Waals surface area contributed by atoms with Gasteiger partial charge in [0.1, 0.15) is 24.1 Å². The number of carbonyl (C=O) groups excluding carboxylic acids is 2. The second-order valence-electron chi connectivity index (χ2n) is 7.61. The van der Waals surface area contributed by atoms with Gasteiger partial charge in [0.2, 0.25) is 5.91 Å². The Hall–Kier alpha value is -3.46. The second-order valence-corrected chi connectivity index (χ2v) is 7.61. The Labute approximate surface area is 194 Å². The molecule has 2 saturated heterocycles. The molecule has 2 fully saturated rings. The first-order valence-corrected chi connectivity index (χ1v) is 10.3. The maximum Gasteiger partial charge on any atom is 0.323 e. The van der Waals surface area contributed by atoms with Gasteiger partial charge < -0.3 is 36.9 Å². The Morgan fingerprint density at radius 1 is 1.18 bits per heavy atom.